The van der Waals surface area contributed by atoms with E-state index in [4.69, 9.17) is 21.7 Å². The molecule has 0 aliphatic carbocycles. The molecule has 0 bridgehead atoms. The SMILES string of the molecule is CNC(=S)N(Cc1cccc(OC)c1)CC1CCCO1. The molecule has 0 saturated carbocycles. The molecule has 0 aromatic heterocycles. The first-order chi connectivity index (χ1) is 9.72. The van der Waals surface area contributed by atoms with Crippen molar-refractivity contribution >= 4 is 17.3 Å². The average molecular weight is 294 g/mol. The third kappa shape index (κ3) is 4.08. The lowest BCUT2D eigenvalue weighted by Gasteiger charge is -2.27. The van der Waals surface area contributed by atoms with Crippen LogP contribution in [0, 0.1) is 0 Å². The van der Waals surface area contributed by atoms with E-state index in [-0.39, 0.29) is 6.10 Å². The van der Waals surface area contributed by atoms with Crippen LogP contribution in [0.25, 0.3) is 0 Å². The van der Waals surface area contributed by atoms with E-state index in [1.165, 1.54) is 5.56 Å². The maximum Gasteiger partial charge on any atom is 0.169 e. The standard InChI is InChI=1S/C15H22N2O2S/c1-16-15(20)17(11-14-7-4-8-19-14)10-12-5-3-6-13(9-12)18-2/h3,5-6,9,14H,4,7-8,10-11H2,1-2H3,(H,16,20). The highest BCUT2D eigenvalue weighted by Crippen LogP contribution is 2.17. The van der Waals surface area contributed by atoms with E-state index < -0.39 is 0 Å². The summed E-state index contributed by atoms with van der Waals surface area (Å²) in [7, 11) is 3.54. The monoisotopic (exact) mass is 294 g/mol. The molecule has 0 spiro atoms. The van der Waals surface area contributed by atoms with Crippen molar-refractivity contribution in [1.82, 2.24) is 10.2 Å². The number of ether oxygens (including phenoxy) is 2. The lowest BCUT2D eigenvalue weighted by Crippen LogP contribution is -2.41. The maximum atomic E-state index is 5.71. The van der Waals surface area contributed by atoms with Crippen molar-refractivity contribution in [3.8, 4) is 5.75 Å². The molecule has 1 heterocycles. The Morgan fingerprint density at radius 1 is 1.55 bits per heavy atom. The Kier molecular flexibility index (Phi) is 5.61. The zero-order chi connectivity index (χ0) is 14.4. The molecular weight excluding hydrogens is 272 g/mol. The van der Waals surface area contributed by atoms with E-state index in [9.17, 15) is 0 Å². The van der Waals surface area contributed by atoms with Gasteiger partial charge in [0.25, 0.3) is 0 Å². The number of nitrogens with one attached hydrogen (secondary N) is 1. The molecule has 1 aromatic carbocycles. The molecule has 1 N–H and O–H groups in total. The molecule has 0 amide bonds. The molecule has 1 unspecified atom stereocenters. The highest BCUT2D eigenvalue weighted by atomic mass is 32.1. The van der Waals surface area contributed by atoms with E-state index >= 15 is 0 Å². The third-order valence-electron chi connectivity index (χ3n) is 3.46. The molecule has 1 aliphatic heterocycles. The van der Waals surface area contributed by atoms with Crippen LogP contribution in [0.3, 0.4) is 0 Å². The number of hydrogen-bond acceptors (Lipinski definition) is 3. The van der Waals surface area contributed by atoms with Gasteiger partial charge in [-0.15, -0.1) is 0 Å². The number of benzene rings is 1. The molecule has 110 valence electrons. The number of thiocarbonyl (C=S) groups is 1. The van der Waals surface area contributed by atoms with Gasteiger partial charge in [-0.05, 0) is 42.8 Å². The fraction of sp³-hybridized carbons (Fsp3) is 0.533. The first kappa shape index (κ1) is 15.1. The van der Waals surface area contributed by atoms with Crippen LogP contribution >= 0.6 is 12.2 Å². The highest BCUT2D eigenvalue weighted by Gasteiger charge is 2.20. The second-order valence-electron chi connectivity index (χ2n) is 4.92. The quantitative estimate of drug-likeness (QED) is 0.842. The Hall–Kier alpha value is -1.33. The molecule has 5 heteroatoms. The summed E-state index contributed by atoms with van der Waals surface area (Å²) in [6.07, 6.45) is 2.54. The molecule has 20 heavy (non-hydrogen) atoms. The van der Waals surface area contributed by atoms with Gasteiger partial charge in [0, 0.05) is 26.7 Å². The Labute approximate surface area is 126 Å². The second-order valence-corrected chi connectivity index (χ2v) is 5.31. The molecule has 1 aromatic rings. The van der Waals surface area contributed by atoms with Gasteiger partial charge in [0.15, 0.2) is 5.11 Å². The van der Waals surface area contributed by atoms with E-state index in [0.29, 0.717) is 0 Å². The van der Waals surface area contributed by atoms with Gasteiger partial charge < -0.3 is 19.7 Å². The van der Waals surface area contributed by atoms with E-state index in [1.807, 2.05) is 25.2 Å². The molecule has 1 saturated heterocycles. The van der Waals surface area contributed by atoms with E-state index in [2.05, 4.69) is 16.3 Å². The van der Waals surface area contributed by atoms with E-state index in [1.54, 1.807) is 7.11 Å². The molecule has 1 atom stereocenters. The van der Waals surface area contributed by atoms with Crippen molar-refractivity contribution in [3.05, 3.63) is 29.8 Å². The number of hydrogen-bond donors (Lipinski definition) is 1. The van der Waals surface area contributed by atoms with Crippen molar-refractivity contribution in [1.29, 1.82) is 0 Å². The van der Waals surface area contributed by atoms with Gasteiger partial charge in [0.05, 0.1) is 13.2 Å². The second kappa shape index (κ2) is 7.45. The summed E-state index contributed by atoms with van der Waals surface area (Å²) in [5.74, 6) is 0.870. The highest BCUT2D eigenvalue weighted by molar-refractivity contribution is 7.80. The lowest BCUT2D eigenvalue weighted by atomic mass is 10.2. The van der Waals surface area contributed by atoms with Gasteiger partial charge in [0.1, 0.15) is 5.75 Å². The zero-order valence-corrected chi connectivity index (χ0v) is 12.9. The minimum atomic E-state index is 0.284. The Morgan fingerprint density at radius 2 is 2.40 bits per heavy atom. The fourth-order valence-corrected chi connectivity index (χ4v) is 2.54. The van der Waals surface area contributed by atoms with Gasteiger partial charge in [-0.25, -0.2) is 0 Å². The third-order valence-corrected chi connectivity index (χ3v) is 3.92. The van der Waals surface area contributed by atoms with Gasteiger partial charge >= 0.3 is 0 Å². The van der Waals surface area contributed by atoms with Gasteiger partial charge in [-0.2, -0.15) is 0 Å². The summed E-state index contributed by atoms with van der Waals surface area (Å²) < 4.78 is 11.0. The predicted molar refractivity (Wildman–Crippen MR) is 84.0 cm³/mol. The van der Waals surface area contributed by atoms with Crippen LogP contribution in [0.15, 0.2) is 24.3 Å². The van der Waals surface area contributed by atoms with Crippen molar-refractivity contribution < 1.29 is 9.47 Å². The first-order valence-corrected chi connectivity index (χ1v) is 7.35. The first-order valence-electron chi connectivity index (χ1n) is 6.94. The molecule has 2 rings (SSSR count). The van der Waals surface area contributed by atoms with Gasteiger partial charge in [-0.3, -0.25) is 0 Å². The van der Waals surface area contributed by atoms with Crippen LogP contribution in [0.4, 0.5) is 0 Å². The van der Waals surface area contributed by atoms with Crippen molar-refractivity contribution in [2.75, 3.05) is 27.3 Å². The summed E-state index contributed by atoms with van der Waals surface area (Å²) in [4.78, 5) is 2.15. The van der Waals surface area contributed by atoms with Crippen molar-refractivity contribution in [3.63, 3.8) is 0 Å². The van der Waals surface area contributed by atoms with Crippen LogP contribution in [0.1, 0.15) is 18.4 Å². The average Bonchev–Trinajstić information content (AvgIpc) is 2.99. The van der Waals surface area contributed by atoms with Crippen LogP contribution in [0.5, 0.6) is 5.75 Å². The van der Waals surface area contributed by atoms with Crippen molar-refractivity contribution in [2.24, 2.45) is 0 Å². The summed E-state index contributed by atoms with van der Waals surface area (Å²) in [5.41, 5.74) is 1.18. The van der Waals surface area contributed by atoms with Gasteiger partial charge in [0.2, 0.25) is 0 Å². The van der Waals surface area contributed by atoms with Crippen LogP contribution in [0.2, 0.25) is 0 Å². The topological polar surface area (TPSA) is 33.7 Å². The lowest BCUT2D eigenvalue weighted by molar-refractivity contribution is 0.0898. The summed E-state index contributed by atoms with van der Waals surface area (Å²) in [5, 5.41) is 3.81. The molecule has 4 nitrogen and oxygen atoms in total. The fourth-order valence-electron chi connectivity index (χ4n) is 2.40. The van der Waals surface area contributed by atoms with Gasteiger partial charge in [-0.1, -0.05) is 12.1 Å². The molecule has 0 radical (unpaired) electrons. The number of nitrogens with zero attached hydrogens (tertiary/aromatic N) is 1. The largest absolute Gasteiger partial charge is 0.497 e. The summed E-state index contributed by atoms with van der Waals surface area (Å²) in [6, 6.07) is 8.08. The molecule has 1 aliphatic rings. The minimum Gasteiger partial charge on any atom is -0.497 e. The maximum absolute atomic E-state index is 5.71. The Morgan fingerprint density at radius 3 is 3.05 bits per heavy atom. The van der Waals surface area contributed by atoms with Crippen molar-refractivity contribution in [2.45, 2.75) is 25.5 Å². The predicted octanol–water partition coefficient (Wildman–Crippen LogP) is 2.18. The molecule has 1 fully saturated rings. The van der Waals surface area contributed by atoms with Crippen LogP contribution in [-0.2, 0) is 11.3 Å². The summed E-state index contributed by atoms with van der Waals surface area (Å²) in [6.45, 7) is 2.46. The van der Waals surface area contributed by atoms with Crippen LogP contribution in [-0.4, -0.2) is 43.4 Å². The number of rotatable bonds is 5. The van der Waals surface area contributed by atoms with Crippen LogP contribution < -0.4 is 10.1 Å². The zero-order valence-electron chi connectivity index (χ0n) is 12.1. The Bertz CT molecular complexity index is 447. The summed E-state index contributed by atoms with van der Waals surface area (Å²) >= 11 is 5.40. The van der Waals surface area contributed by atoms with E-state index in [0.717, 1.165) is 43.4 Å². The Balaban J connectivity index is 2.03. The number of methoxy groups -OCH3 is 1. The molecular formula is C15H22N2O2S. The normalized spacial score (nSPS) is 17.8. The smallest absolute Gasteiger partial charge is 0.169 e. The minimum absolute atomic E-state index is 0.284.